The van der Waals surface area contributed by atoms with E-state index >= 15 is 0 Å². The summed E-state index contributed by atoms with van der Waals surface area (Å²) in [5, 5.41) is 3.38. The van der Waals surface area contributed by atoms with Crippen molar-refractivity contribution in [2.24, 2.45) is 5.41 Å². The van der Waals surface area contributed by atoms with Crippen molar-refractivity contribution in [3.63, 3.8) is 0 Å². The smallest absolute Gasteiger partial charge is 0.146 e. The zero-order valence-electron chi connectivity index (χ0n) is 12.5. The highest BCUT2D eigenvalue weighted by atomic mass is 79.9. The number of hydrogen-bond donors (Lipinski definition) is 1. The molecular formula is C16H24BrNO. The van der Waals surface area contributed by atoms with Gasteiger partial charge in [0.2, 0.25) is 0 Å². The van der Waals surface area contributed by atoms with E-state index in [0.717, 1.165) is 10.0 Å². The van der Waals surface area contributed by atoms with E-state index in [-0.39, 0.29) is 17.1 Å². The maximum Gasteiger partial charge on any atom is 0.146 e. The van der Waals surface area contributed by atoms with Gasteiger partial charge in [0, 0.05) is 22.5 Å². The van der Waals surface area contributed by atoms with Crippen LogP contribution in [0.25, 0.3) is 0 Å². The molecule has 1 aromatic carbocycles. The molecule has 106 valence electrons. The molecule has 0 aromatic heterocycles. The predicted octanol–water partition coefficient (Wildman–Crippen LogP) is 4.15. The lowest BCUT2D eigenvalue weighted by molar-refractivity contribution is -0.127. The monoisotopic (exact) mass is 325 g/mol. The summed E-state index contributed by atoms with van der Waals surface area (Å²) in [5.41, 5.74) is 0.757. The molecule has 0 amide bonds. The number of rotatable bonds is 5. The Kier molecular flexibility index (Phi) is 5.75. The van der Waals surface area contributed by atoms with Crippen molar-refractivity contribution < 1.29 is 4.79 Å². The molecule has 0 fully saturated rings. The van der Waals surface area contributed by atoms with Gasteiger partial charge in [-0.15, -0.1) is 0 Å². The maximum absolute atomic E-state index is 12.6. The molecule has 19 heavy (non-hydrogen) atoms. The first-order valence-corrected chi connectivity index (χ1v) is 7.54. The van der Waals surface area contributed by atoms with Crippen molar-refractivity contribution in [3.05, 3.63) is 34.3 Å². The molecule has 3 heteroatoms. The minimum absolute atomic E-state index is 0.0875. The number of nitrogens with one attached hydrogen (secondary N) is 1. The van der Waals surface area contributed by atoms with Gasteiger partial charge < -0.3 is 5.32 Å². The normalized spacial score (nSPS) is 13.6. The number of benzene rings is 1. The Hall–Kier alpha value is -0.670. The molecule has 0 radical (unpaired) electrons. The first-order valence-electron chi connectivity index (χ1n) is 6.75. The molecule has 0 aliphatic rings. The van der Waals surface area contributed by atoms with Crippen LogP contribution in [0, 0.1) is 5.41 Å². The third-order valence-electron chi connectivity index (χ3n) is 3.06. The van der Waals surface area contributed by atoms with Gasteiger partial charge in [-0.2, -0.15) is 0 Å². The number of ketones is 1. The Bertz CT molecular complexity index is 417. The van der Waals surface area contributed by atoms with Crippen LogP contribution in [0.4, 0.5) is 0 Å². The summed E-state index contributed by atoms with van der Waals surface area (Å²) < 4.78 is 1.04. The van der Waals surface area contributed by atoms with Crippen molar-refractivity contribution in [2.75, 3.05) is 6.54 Å². The predicted molar refractivity (Wildman–Crippen MR) is 84.5 cm³/mol. The molecule has 1 rings (SSSR count). The molecule has 0 saturated carbocycles. The van der Waals surface area contributed by atoms with Crippen molar-refractivity contribution in [1.82, 2.24) is 5.32 Å². The SMILES string of the molecule is CC(C)NCC(C(=O)C(C)(C)C)c1ccc(Br)cc1. The Labute approximate surface area is 125 Å². The summed E-state index contributed by atoms with van der Waals surface area (Å²) in [6.07, 6.45) is 0. The Morgan fingerprint density at radius 3 is 2.16 bits per heavy atom. The number of Topliss-reactive ketones (excluding diaryl/α,β-unsaturated/α-hetero) is 1. The first-order chi connectivity index (χ1) is 8.71. The van der Waals surface area contributed by atoms with E-state index in [1.807, 2.05) is 45.0 Å². The zero-order valence-corrected chi connectivity index (χ0v) is 14.0. The highest BCUT2D eigenvalue weighted by Gasteiger charge is 2.30. The first kappa shape index (κ1) is 16.4. The van der Waals surface area contributed by atoms with Crippen molar-refractivity contribution >= 4 is 21.7 Å². The molecule has 1 unspecified atom stereocenters. The van der Waals surface area contributed by atoms with Gasteiger partial charge in [-0.05, 0) is 17.7 Å². The van der Waals surface area contributed by atoms with Crippen molar-refractivity contribution in [1.29, 1.82) is 0 Å². The van der Waals surface area contributed by atoms with Crippen LogP contribution in [0.1, 0.15) is 46.1 Å². The highest BCUT2D eigenvalue weighted by molar-refractivity contribution is 9.10. The topological polar surface area (TPSA) is 29.1 Å². The number of carbonyl (C=O) groups is 1. The summed E-state index contributed by atoms with van der Waals surface area (Å²) >= 11 is 3.43. The molecule has 1 atom stereocenters. The molecule has 1 aromatic rings. The highest BCUT2D eigenvalue weighted by Crippen LogP contribution is 2.28. The van der Waals surface area contributed by atoms with Crippen molar-refractivity contribution in [2.45, 2.75) is 46.6 Å². The molecular weight excluding hydrogens is 302 g/mol. The minimum Gasteiger partial charge on any atom is -0.313 e. The van der Waals surface area contributed by atoms with E-state index < -0.39 is 0 Å². The van der Waals surface area contributed by atoms with Gasteiger partial charge in [0.25, 0.3) is 0 Å². The lowest BCUT2D eigenvalue weighted by atomic mass is 9.80. The minimum atomic E-state index is -0.323. The van der Waals surface area contributed by atoms with Gasteiger partial charge in [0.1, 0.15) is 5.78 Å². The van der Waals surface area contributed by atoms with Crippen LogP contribution >= 0.6 is 15.9 Å². The second kappa shape index (κ2) is 6.67. The van der Waals surface area contributed by atoms with Gasteiger partial charge in [0.15, 0.2) is 0 Å². The average Bonchev–Trinajstić information content (AvgIpc) is 2.29. The Balaban J connectivity index is 2.98. The number of hydrogen-bond acceptors (Lipinski definition) is 2. The summed E-state index contributed by atoms with van der Waals surface area (Å²) in [4.78, 5) is 12.6. The van der Waals surface area contributed by atoms with Crippen LogP contribution < -0.4 is 5.32 Å². The average molecular weight is 326 g/mol. The molecule has 1 N–H and O–H groups in total. The van der Waals surface area contributed by atoms with Crippen LogP contribution in [0.3, 0.4) is 0 Å². The zero-order chi connectivity index (χ0) is 14.6. The third-order valence-corrected chi connectivity index (χ3v) is 3.59. The Morgan fingerprint density at radius 2 is 1.74 bits per heavy atom. The quantitative estimate of drug-likeness (QED) is 0.881. The molecule has 2 nitrogen and oxygen atoms in total. The van der Waals surface area contributed by atoms with E-state index in [1.165, 1.54) is 0 Å². The van der Waals surface area contributed by atoms with Crippen LogP contribution in [0.5, 0.6) is 0 Å². The fourth-order valence-corrected chi connectivity index (χ4v) is 2.20. The third kappa shape index (κ3) is 5.07. The number of carbonyl (C=O) groups excluding carboxylic acids is 1. The lowest BCUT2D eigenvalue weighted by Crippen LogP contribution is -2.36. The summed E-state index contributed by atoms with van der Waals surface area (Å²) in [6, 6.07) is 8.42. The molecule has 0 aliphatic carbocycles. The van der Waals surface area contributed by atoms with Crippen LogP contribution in [-0.4, -0.2) is 18.4 Å². The van der Waals surface area contributed by atoms with E-state index in [9.17, 15) is 4.79 Å². The van der Waals surface area contributed by atoms with Crippen LogP contribution in [0.15, 0.2) is 28.7 Å². The van der Waals surface area contributed by atoms with Gasteiger partial charge in [-0.1, -0.05) is 62.7 Å². The number of halogens is 1. The van der Waals surface area contributed by atoms with Crippen molar-refractivity contribution in [3.8, 4) is 0 Å². The van der Waals surface area contributed by atoms with Crippen LogP contribution in [0.2, 0.25) is 0 Å². The lowest BCUT2D eigenvalue weighted by Gasteiger charge is -2.26. The largest absolute Gasteiger partial charge is 0.313 e. The summed E-state index contributed by atoms with van der Waals surface area (Å²) in [7, 11) is 0. The fraction of sp³-hybridized carbons (Fsp3) is 0.562. The summed E-state index contributed by atoms with van der Waals surface area (Å²) in [6.45, 7) is 10.8. The Morgan fingerprint density at radius 1 is 1.21 bits per heavy atom. The summed E-state index contributed by atoms with van der Waals surface area (Å²) in [5.74, 6) is 0.193. The molecule has 0 aliphatic heterocycles. The molecule has 0 bridgehead atoms. The molecule has 0 spiro atoms. The van der Waals surface area contributed by atoms with Gasteiger partial charge >= 0.3 is 0 Å². The molecule has 0 saturated heterocycles. The van der Waals surface area contributed by atoms with Crippen LogP contribution in [-0.2, 0) is 4.79 Å². The molecule has 0 heterocycles. The fourth-order valence-electron chi connectivity index (χ4n) is 1.93. The van der Waals surface area contributed by atoms with E-state index in [1.54, 1.807) is 0 Å². The second-order valence-electron chi connectivity index (χ2n) is 6.28. The standard InChI is InChI=1S/C16H24BrNO/c1-11(2)18-10-14(15(19)16(3,4)5)12-6-8-13(17)9-7-12/h6-9,11,14,18H,10H2,1-5H3. The second-order valence-corrected chi connectivity index (χ2v) is 7.20. The van der Waals surface area contributed by atoms with Gasteiger partial charge in [-0.3, -0.25) is 4.79 Å². The van der Waals surface area contributed by atoms with E-state index in [0.29, 0.717) is 12.6 Å². The van der Waals surface area contributed by atoms with E-state index in [2.05, 4.69) is 35.1 Å². The van der Waals surface area contributed by atoms with Gasteiger partial charge in [0.05, 0.1) is 5.92 Å². The van der Waals surface area contributed by atoms with Gasteiger partial charge in [-0.25, -0.2) is 0 Å². The maximum atomic E-state index is 12.6. The van der Waals surface area contributed by atoms with E-state index in [4.69, 9.17) is 0 Å².